The molecule has 1 aromatic carbocycles. The monoisotopic (exact) mass is 216 g/mol. The molecule has 0 aliphatic rings. The van der Waals surface area contributed by atoms with Crippen molar-refractivity contribution in [3.63, 3.8) is 0 Å². The molecule has 0 radical (unpaired) electrons. The van der Waals surface area contributed by atoms with Crippen LogP contribution in [-0.4, -0.2) is 15.7 Å². The highest BCUT2D eigenvalue weighted by Crippen LogP contribution is 2.28. The van der Waals surface area contributed by atoms with Gasteiger partial charge < -0.3 is 15.5 Å². The van der Waals surface area contributed by atoms with E-state index in [0.717, 1.165) is 0 Å². The third-order valence-electron chi connectivity index (χ3n) is 1.42. The minimum absolute atomic E-state index is 0.141. The van der Waals surface area contributed by atoms with Crippen molar-refractivity contribution in [1.29, 1.82) is 0 Å². The van der Waals surface area contributed by atoms with Crippen LogP contribution in [0.5, 0.6) is 0 Å². The Morgan fingerprint density at radius 3 is 2.21 bits per heavy atom. The number of hydrogen-bond acceptors (Lipinski definition) is 3. The number of amides is 1. The minimum atomic E-state index is -4.53. The fraction of sp³-hybridized carbons (Fsp3) is 0. The second-order valence-corrected chi connectivity index (χ2v) is 3.92. The van der Waals surface area contributed by atoms with Crippen molar-refractivity contribution >= 4 is 19.3 Å². The molecule has 0 spiro atoms. The normalized spacial score (nSPS) is 11.0. The first-order valence-electron chi connectivity index (χ1n) is 3.62. The molecule has 0 unspecified atom stereocenters. The third-order valence-corrected chi connectivity index (χ3v) is 1.91. The predicted molar refractivity (Wildman–Crippen MR) is 50.4 cm³/mol. The van der Waals surface area contributed by atoms with Gasteiger partial charge in [0.1, 0.15) is 0 Å². The van der Waals surface area contributed by atoms with Gasteiger partial charge in [-0.1, -0.05) is 0 Å². The molecule has 0 saturated heterocycles. The van der Waals surface area contributed by atoms with Crippen LogP contribution in [0.1, 0.15) is 10.4 Å². The number of carbonyl (C=O) groups is 1. The molecule has 1 amide bonds. The zero-order valence-corrected chi connectivity index (χ0v) is 7.94. The molecule has 76 valence electrons. The summed E-state index contributed by atoms with van der Waals surface area (Å²) < 4.78 is 10.4. The highest BCUT2D eigenvalue weighted by Gasteiger charge is 2.17. The van der Waals surface area contributed by atoms with Gasteiger partial charge in [0, 0.05) is 11.3 Å². The molecule has 0 aromatic heterocycles. The summed E-state index contributed by atoms with van der Waals surface area (Å²) in [6, 6.07) is 5.68. The summed E-state index contributed by atoms with van der Waals surface area (Å²) in [5.41, 5.74) is 5.98. The van der Waals surface area contributed by atoms with Crippen LogP contribution < -0.4 is 10.8 Å². The number of anilines is 1. The van der Waals surface area contributed by atoms with Crippen molar-refractivity contribution in [3.8, 4) is 0 Å². The van der Waals surface area contributed by atoms with Crippen molar-refractivity contribution < 1.29 is 19.1 Å². The SMILES string of the molecule is Nc1ccc(C(=O)NP(=O)(O)O)cc1. The zero-order valence-electron chi connectivity index (χ0n) is 7.04. The zero-order chi connectivity index (χ0) is 10.8. The first kappa shape index (κ1) is 10.7. The highest BCUT2D eigenvalue weighted by atomic mass is 31.2. The third kappa shape index (κ3) is 3.18. The van der Waals surface area contributed by atoms with E-state index < -0.39 is 13.7 Å². The lowest BCUT2D eigenvalue weighted by Gasteiger charge is -2.05. The van der Waals surface area contributed by atoms with Crippen LogP contribution in [-0.2, 0) is 4.57 Å². The number of benzene rings is 1. The van der Waals surface area contributed by atoms with E-state index in [1.165, 1.54) is 24.3 Å². The molecule has 7 heteroatoms. The van der Waals surface area contributed by atoms with E-state index in [1.807, 2.05) is 0 Å². The Kier molecular flexibility index (Phi) is 2.90. The summed E-state index contributed by atoms with van der Waals surface area (Å²) in [6.07, 6.45) is 0. The van der Waals surface area contributed by atoms with Gasteiger partial charge in [-0.25, -0.2) is 4.57 Å². The molecule has 0 bridgehead atoms. The Hall–Kier alpha value is -1.36. The van der Waals surface area contributed by atoms with E-state index in [0.29, 0.717) is 5.69 Å². The maximum absolute atomic E-state index is 11.1. The lowest BCUT2D eigenvalue weighted by molar-refractivity contribution is 0.0972. The fourth-order valence-electron chi connectivity index (χ4n) is 0.831. The summed E-state index contributed by atoms with van der Waals surface area (Å²) in [4.78, 5) is 28.0. The van der Waals surface area contributed by atoms with Crippen LogP contribution >= 0.6 is 7.75 Å². The molecule has 6 nitrogen and oxygen atoms in total. The molecule has 0 heterocycles. The van der Waals surface area contributed by atoms with Gasteiger partial charge in [0.2, 0.25) is 0 Å². The van der Waals surface area contributed by atoms with Gasteiger partial charge >= 0.3 is 7.75 Å². The van der Waals surface area contributed by atoms with Crippen LogP contribution in [0.2, 0.25) is 0 Å². The molecule has 0 atom stereocenters. The van der Waals surface area contributed by atoms with E-state index in [9.17, 15) is 9.36 Å². The first-order valence-corrected chi connectivity index (χ1v) is 5.23. The Morgan fingerprint density at radius 1 is 1.29 bits per heavy atom. The van der Waals surface area contributed by atoms with Gasteiger partial charge in [-0.3, -0.25) is 9.88 Å². The topological polar surface area (TPSA) is 113 Å². The minimum Gasteiger partial charge on any atom is -0.399 e. The van der Waals surface area contributed by atoms with Crippen molar-refractivity contribution in [3.05, 3.63) is 29.8 Å². The number of hydrogen-bond donors (Lipinski definition) is 4. The molecule has 1 aromatic rings. The van der Waals surface area contributed by atoms with E-state index in [4.69, 9.17) is 15.5 Å². The smallest absolute Gasteiger partial charge is 0.399 e. The molecule has 0 saturated carbocycles. The van der Waals surface area contributed by atoms with Crippen molar-refractivity contribution in [2.24, 2.45) is 0 Å². The van der Waals surface area contributed by atoms with Crippen LogP contribution in [0.4, 0.5) is 5.69 Å². The molecule has 0 aliphatic carbocycles. The van der Waals surface area contributed by atoms with E-state index >= 15 is 0 Å². The summed E-state index contributed by atoms with van der Waals surface area (Å²) in [7, 11) is -4.53. The maximum atomic E-state index is 11.1. The van der Waals surface area contributed by atoms with Crippen LogP contribution in [0, 0.1) is 0 Å². The number of rotatable bonds is 2. The Labute approximate surface area is 80.0 Å². The quantitative estimate of drug-likeness (QED) is 0.413. The lowest BCUT2D eigenvalue weighted by atomic mass is 10.2. The van der Waals surface area contributed by atoms with Gasteiger partial charge in [0.25, 0.3) is 5.91 Å². The Balaban J connectivity index is 2.81. The maximum Gasteiger partial charge on any atom is 0.430 e. The Morgan fingerprint density at radius 2 is 1.79 bits per heavy atom. The standard InChI is InChI=1S/C7H9N2O4P/c8-6-3-1-5(2-4-6)7(10)9-14(11,12)13/h1-4H,8H2,(H3,9,10,11,12,13). The fourth-order valence-corrected chi connectivity index (χ4v) is 1.22. The molecular formula is C7H9N2O4P. The summed E-state index contributed by atoms with van der Waals surface area (Å²) in [6.45, 7) is 0. The number of nitrogens with one attached hydrogen (secondary N) is 1. The average Bonchev–Trinajstić information content (AvgIpc) is 2.02. The lowest BCUT2D eigenvalue weighted by Crippen LogP contribution is -2.19. The van der Waals surface area contributed by atoms with Gasteiger partial charge in [-0.2, -0.15) is 0 Å². The molecule has 1 rings (SSSR count). The summed E-state index contributed by atoms with van der Waals surface area (Å²) >= 11 is 0. The van der Waals surface area contributed by atoms with Crippen molar-refractivity contribution in [2.45, 2.75) is 0 Å². The first-order chi connectivity index (χ1) is 6.38. The van der Waals surface area contributed by atoms with Crippen LogP contribution in [0.15, 0.2) is 24.3 Å². The second-order valence-electron chi connectivity index (χ2n) is 2.61. The van der Waals surface area contributed by atoms with Crippen molar-refractivity contribution in [1.82, 2.24) is 5.09 Å². The van der Waals surface area contributed by atoms with Gasteiger partial charge in [-0.15, -0.1) is 0 Å². The van der Waals surface area contributed by atoms with E-state index in [1.54, 1.807) is 5.09 Å². The van der Waals surface area contributed by atoms with E-state index in [-0.39, 0.29) is 5.56 Å². The predicted octanol–water partition coefficient (Wildman–Crippen LogP) is 0.0913. The Bertz CT molecular complexity index is 383. The molecule has 0 fully saturated rings. The summed E-state index contributed by atoms with van der Waals surface area (Å²) in [5, 5.41) is 1.54. The average molecular weight is 216 g/mol. The number of nitrogen functional groups attached to an aromatic ring is 1. The van der Waals surface area contributed by atoms with Crippen LogP contribution in [0.25, 0.3) is 0 Å². The van der Waals surface area contributed by atoms with Gasteiger partial charge in [0.05, 0.1) is 0 Å². The van der Waals surface area contributed by atoms with Crippen molar-refractivity contribution in [2.75, 3.05) is 5.73 Å². The van der Waals surface area contributed by atoms with Gasteiger partial charge in [-0.05, 0) is 24.3 Å². The second kappa shape index (κ2) is 3.79. The molecule has 5 N–H and O–H groups in total. The summed E-state index contributed by atoms with van der Waals surface area (Å²) in [5.74, 6) is -0.835. The van der Waals surface area contributed by atoms with Crippen LogP contribution in [0.3, 0.4) is 0 Å². The molecule has 0 aliphatic heterocycles. The highest BCUT2D eigenvalue weighted by molar-refractivity contribution is 7.50. The van der Waals surface area contributed by atoms with E-state index in [2.05, 4.69) is 0 Å². The number of nitrogens with two attached hydrogens (primary N) is 1. The number of carbonyl (C=O) groups excluding carboxylic acids is 1. The van der Waals surface area contributed by atoms with Gasteiger partial charge in [0.15, 0.2) is 0 Å². The molecule has 14 heavy (non-hydrogen) atoms. The largest absolute Gasteiger partial charge is 0.430 e. The molecular weight excluding hydrogens is 207 g/mol.